The van der Waals surface area contributed by atoms with Gasteiger partial charge in [-0.1, -0.05) is 41.5 Å². The van der Waals surface area contributed by atoms with Gasteiger partial charge in [-0.05, 0) is 75.3 Å². The standard InChI is InChI=1S/C21H41NO/c1-20(2,3)18-13-16(14-19(23-18)21(4,5)6)15-9-11-17(12-10-15)22(7)8/h15-19H,9-14H2,1-8H3. The van der Waals surface area contributed by atoms with Gasteiger partial charge in [-0.3, -0.25) is 0 Å². The number of rotatable bonds is 2. The van der Waals surface area contributed by atoms with Gasteiger partial charge in [0.15, 0.2) is 0 Å². The highest BCUT2D eigenvalue weighted by molar-refractivity contribution is 4.92. The molecule has 0 bridgehead atoms. The lowest BCUT2D eigenvalue weighted by atomic mass is 9.67. The van der Waals surface area contributed by atoms with Crippen LogP contribution in [0.25, 0.3) is 0 Å². The predicted octanol–water partition coefficient (Wildman–Crippen LogP) is 5.36. The highest BCUT2D eigenvalue weighted by atomic mass is 16.5. The van der Waals surface area contributed by atoms with Crippen molar-refractivity contribution >= 4 is 0 Å². The van der Waals surface area contributed by atoms with Crippen LogP contribution in [-0.2, 0) is 4.74 Å². The van der Waals surface area contributed by atoms with Gasteiger partial charge in [0.05, 0.1) is 12.2 Å². The Hall–Kier alpha value is -0.0800. The summed E-state index contributed by atoms with van der Waals surface area (Å²) in [5, 5.41) is 0. The molecule has 0 spiro atoms. The Morgan fingerprint density at radius 2 is 1.13 bits per heavy atom. The van der Waals surface area contributed by atoms with Gasteiger partial charge in [-0.15, -0.1) is 0 Å². The van der Waals surface area contributed by atoms with E-state index in [1.165, 1.54) is 38.5 Å². The van der Waals surface area contributed by atoms with E-state index >= 15 is 0 Å². The predicted molar refractivity (Wildman–Crippen MR) is 99.7 cm³/mol. The van der Waals surface area contributed by atoms with Crippen molar-refractivity contribution in [2.45, 2.75) is 98.3 Å². The molecular formula is C21H41NO. The lowest BCUT2D eigenvalue weighted by Crippen LogP contribution is -2.47. The maximum atomic E-state index is 6.59. The van der Waals surface area contributed by atoms with Gasteiger partial charge in [0.2, 0.25) is 0 Å². The Morgan fingerprint density at radius 3 is 1.48 bits per heavy atom. The minimum Gasteiger partial charge on any atom is -0.374 e. The molecule has 1 saturated carbocycles. The zero-order chi connectivity index (χ0) is 17.4. The normalized spacial score (nSPS) is 37.2. The van der Waals surface area contributed by atoms with Gasteiger partial charge < -0.3 is 9.64 Å². The molecule has 1 heterocycles. The molecule has 2 rings (SSSR count). The van der Waals surface area contributed by atoms with Crippen molar-refractivity contribution < 1.29 is 4.74 Å². The van der Waals surface area contributed by atoms with Gasteiger partial charge in [0.1, 0.15) is 0 Å². The number of hydrogen-bond acceptors (Lipinski definition) is 2. The monoisotopic (exact) mass is 323 g/mol. The second-order valence-corrected chi connectivity index (χ2v) is 10.6. The van der Waals surface area contributed by atoms with Crippen LogP contribution in [0.4, 0.5) is 0 Å². The van der Waals surface area contributed by atoms with E-state index in [0.29, 0.717) is 12.2 Å². The zero-order valence-electron chi connectivity index (χ0n) is 17.0. The topological polar surface area (TPSA) is 12.5 Å². The molecule has 2 fully saturated rings. The summed E-state index contributed by atoms with van der Waals surface area (Å²) in [5.74, 6) is 1.78. The van der Waals surface area contributed by atoms with Crippen LogP contribution in [0.5, 0.6) is 0 Å². The van der Waals surface area contributed by atoms with Crippen LogP contribution < -0.4 is 0 Å². The maximum Gasteiger partial charge on any atom is 0.0630 e. The van der Waals surface area contributed by atoms with Crippen molar-refractivity contribution in [3.8, 4) is 0 Å². The highest BCUT2D eigenvalue weighted by Gasteiger charge is 2.43. The van der Waals surface area contributed by atoms with Gasteiger partial charge in [-0.2, -0.15) is 0 Å². The largest absolute Gasteiger partial charge is 0.374 e. The van der Waals surface area contributed by atoms with Crippen molar-refractivity contribution in [2.24, 2.45) is 22.7 Å². The molecular weight excluding hydrogens is 282 g/mol. The maximum absolute atomic E-state index is 6.59. The number of ether oxygens (including phenoxy) is 1. The summed E-state index contributed by atoms with van der Waals surface area (Å²) in [6.45, 7) is 14.1. The smallest absolute Gasteiger partial charge is 0.0630 e. The molecule has 0 N–H and O–H groups in total. The van der Waals surface area contributed by atoms with Crippen LogP contribution in [0.3, 0.4) is 0 Å². The van der Waals surface area contributed by atoms with E-state index in [4.69, 9.17) is 4.74 Å². The summed E-state index contributed by atoms with van der Waals surface area (Å²) < 4.78 is 6.59. The molecule has 1 aliphatic carbocycles. The van der Waals surface area contributed by atoms with E-state index in [9.17, 15) is 0 Å². The van der Waals surface area contributed by atoms with Crippen LogP contribution in [0.15, 0.2) is 0 Å². The first kappa shape index (κ1) is 19.2. The third-order valence-electron chi connectivity index (χ3n) is 6.43. The Morgan fingerprint density at radius 1 is 0.696 bits per heavy atom. The van der Waals surface area contributed by atoms with Crippen LogP contribution in [0.2, 0.25) is 0 Å². The van der Waals surface area contributed by atoms with E-state index in [1.807, 2.05) is 0 Å². The summed E-state index contributed by atoms with van der Waals surface area (Å²) >= 11 is 0. The first-order chi connectivity index (χ1) is 10.5. The molecule has 2 nitrogen and oxygen atoms in total. The minimum absolute atomic E-state index is 0.253. The first-order valence-electron chi connectivity index (χ1n) is 9.80. The third-order valence-corrected chi connectivity index (χ3v) is 6.43. The highest BCUT2D eigenvalue weighted by Crippen LogP contribution is 2.46. The molecule has 0 radical (unpaired) electrons. The Kier molecular flexibility index (Phi) is 5.89. The summed E-state index contributed by atoms with van der Waals surface area (Å²) in [5.41, 5.74) is 0.506. The van der Waals surface area contributed by atoms with E-state index < -0.39 is 0 Å². The average molecular weight is 324 g/mol. The SMILES string of the molecule is CN(C)C1CCC(C2CC(C(C)(C)C)OC(C(C)(C)C)C2)CC1. The molecule has 1 aliphatic heterocycles. The molecule has 0 aromatic rings. The molecule has 2 atom stereocenters. The zero-order valence-corrected chi connectivity index (χ0v) is 17.0. The van der Waals surface area contributed by atoms with Gasteiger partial charge in [-0.25, -0.2) is 0 Å². The summed E-state index contributed by atoms with van der Waals surface area (Å²) in [6.07, 6.45) is 8.97. The van der Waals surface area contributed by atoms with Crippen LogP contribution in [0, 0.1) is 22.7 Å². The summed E-state index contributed by atoms with van der Waals surface area (Å²) in [7, 11) is 4.48. The molecule has 2 aliphatic rings. The lowest BCUT2D eigenvalue weighted by molar-refractivity contribution is -0.159. The van der Waals surface area contributed by atoms with E-state index in [2.05, 4.69) is 60.5 Å². The fraction of sp³-hybridized carbons (Fsp3) is 1.00. The van der Waals surface area contributed by atoms with E-state index in [-0.39, 0.29) is 10.8 Å². The summed E-state index contributed by atoms with van der Waals surface area (Å²) in [4.78, 5) is 2.43. The number of hydrogen-bond donors (Lipinski definition) is 0. The van der Waals surface area contributed by atoms with Crippen LogP contribution >= 0.6 is 0 Å². The van der Waals surface area contributed by atoms with Gasteiger partial charge >= 0.3 is 0 Å². The molecule has 0 aromatic heterocycles. The average Bonchev–Trinajstić information content (AvgIpc) is 2.45. The van der Waals surface area contributed by atoms with Crippen molar-refractivity contribution in [1.82, 2.24) is 4.90 Å². The Bertz CT molecular complexity index is 346. The van der Waals surface area contributed by atoms with Gasteiger partial charge in [0.25, 0.3) is 0 Å². The van der Waals surface area contributed by atoms with Crippen molar-refractivity contribution in [3.63, 3.8) is 0 Å². The molecule has 1 saturated heterocycles. The molecule has 2 heteroatoms. The van der Waals surface area contributed by atoms with Crippen LogP contribution in [-0.4, -0.2) is 37.2 Å². The second kappa shape index (κ2) is 7.04. The van der Waals surface area contributed by atoms with Crippen molar-refractivity contribution in [2.75, 3.05) is 14.1 Å². The van der Waals surface area contributed by atoms with E-state index in [0.717, 1.165) is 17.9 Å². The molecule has 0 amide bonds. The summed E-state index contributed by atoms with van der Waals surface area (Å²) in [6, 6.07) is 0.808. The molecule has 0 aromatic carbocycles. The fourth-order valence-corrected chi connectivity index (χ4v) is 4.55. The number of nitrogens with zero attached hydrogens (tertiary/aromatic N) is 1. The van der Waals surface area contributed by atoms with Crippen LogP contribution in [0.1, 0.15) is 80.1 Å². The minimum atomic E-state index is 0.253. The first-order valence-corrected chi connectivity index (χ1v) is 9.80. The third kappa shape index (κ3) is 4.95. The molecule has 136 valence electrons. The Labute approximate surface area is 145 Å². The quantitative estimate of drug-likeness (QED) is 0.678. The second-order valence-electron chi connectivity index (χ2n) is 10.6. The van der Waals surface area contributed by atoms with E-state index in [1.54, 1.807) is 0 Å². The van der Waals surface area contributed by atoms with Crippen molar-refractivity contribution in [1.29, 1.82) is 0 Å². The lowest BCUT2D eigenvalue weighted by Gasteiger charge is -2.48. The van der Waals surface area contributed by atoms with Crippen molar-refractivity contribution in [3.05, 3.63) is 0 Å². The van der Waals surface area contributed by atoms with Gasteiger partial charge in [0, 0.05) is 6.04 Å². The molecule has 2 unspecified atom stereocenters. The Balaban J connectivity index is 2.05. The molecule has 23 heavy (non-hydrogen) atoms. The fourth-order valence-electron chi connectivity index (χ4n) is 4.55.